The minimum atomic E-state index is -0.0581. The van der Waals surface area contributed by atoms with Gasteiger partial charge in [-0.05, 0) is 31.0 Å². The SMILES string of the molecule is Nc1cc(Cl)ccc1C(=O)C1CCCOC1. The summed E-state index contributed by atoms with van der Waals surface area (Å²) in [6.45, 7) is 1.25. The first-order valence-corrected chi connectivity index (χ1v) is 5.73. The number of carbonyl (C=O) groups is 1. The Bertz CT molecular complexity index is 400. The predicted octanol–water partition coefficient (Wildman–Crippen LogP) is 2.53. The normalized spacial score (nSPS) is 20.7. The molecule has 1 aliphatic heterocycles. The van der Waals surface area contributed by atoms with Gasteiger partial charge in [-0.25, -0.2) is 0 Å². The Morgan fingerprint density at radius 3 is 2.94 bits per heavy atom. The van der Waals surface area contributed by atoms with Gasteiger partial charge >= 0.3 is 0 Å². The van der Waals surface area contributed by atoms with Crippen LogP contribution in [0.1, 0.15) is 23.2 Å². The second-order valence-corrected chi connectivity index (χ2v) is 4.45. The fourth-order valence-electron chi connectivity index (χ4n) is 1.93. The zero-order chi connectivity index (χ0) is 11.5. The molecule has 1 fully saturated rings. The first-order chi connectivity index (χ1) is 7.68. The van der Waals surface area contributed by atoms with Gasteiger partial charge < -0.3 is 10.5 Å². The zero-order valence-corrected chi connectivity index (χ0v) is 9.67. The van der Waals surface area contributed by atoms with Gasteiger partial charge in [0.25, 0.3) is 0 Å². The molecule has 0 aliphatic carbocycles. The average Bonchev–Trinajstić information content (AvgIpc) is 2.29. The molecule has 0 aromatic heterocycles. The van der Waals surface area contributed by atoms with Crippen molar-refractivity contribution in [2.75, 3.05) is 18.9 Å². The van der Waals surface area contributed by atoms with Crippen molar-refractivity contribution in [1.82, 2.24) is 0 Å². The third kappa shape index (κ3) is 2.36. The van der Waals surface area contributed by atoms with Crippen LogP contribution in [0.2, 0.25) is 5.02 Å². The zero-order valence-electron chi connectivity index (χ0n) is 8.91. The summed E-state index contributed by atoms with van der Waals surface area (Å²) in [7, 11) is 0. The van der Waals surface area contributed by atoms with Crippen LogP contribution in [0, 0.1) is 5.92 Å². The Kier molecular flexibility index (Phi) is 3.46. The van der Waals surface area contributed by atoms with Crippen molar-refractivity contribution in [1.29, 1.82) is 0 Å². The fourth-order valence-corrected chi connectivity index (χ4v) is 2.11. The molecular weight excluding hydrogens is 226 g/mol. The summed E-state index contributed by atoms with van der Waals surface area (Å²) >= 11 is 5.79. The van der Waals surface area contributed by atoms with E-state index in [1.165, 1.54) is 0 Å². The van der Waals surface area contributed by atoms with Crippen molar-refractivity contribution in [3.8, 4) is 0 Å². The van der Waals surface area contributed by atoms with Crippen LogP contribution < -0.4 is 5.73 Å². The molecule has 86 valence electrons. The van der Waals surface area contributed by atoms with Gasteiger partial charge in [0, 0.05) is 28.8 Å². The summed E-state index contributed by atoms with van der Waals surface area (Å²) in [5, 5.41) is 0.550. The number of halogens is 1. The van der Waals surface area contributed by atoms with Gasteiger partial charge in [0.1, 0.15) is 0 Å². The largest absolute Gasteiger partial charge is 0.398 e. The van der Waals surface area contributed by atoms with Crippen LogP contribution in [0.25, 0.3) is 0 Å². The second-order valence-electron chi connectivity index (χ2n) is 4.01. The van der Waals surface area contributed by atoms with Crippen LogP contribution in [0.5, 0.6) is 0 Å². The number of rotatable bonds is 2. The molecule has 2 N–H and O–H groups in total. The summed E-state index contributed by atoms with van der Waals surface area (Å²) in [4.78, 5) is 12.1. The number of Topliss-reactive ketones (excluding diaryl/α,β-unsaturated/α-hetero) is 1. The monoisotopic (exact) mass is 239 g/mol. The standard InChI is InChI=1S/C12H14ClNO2/c13-9-3-4-10(11(14)6-9)12(15)8-2-1-5-16-7-8/h3-4,6,8H,1-2,5,7,14H2. The molecule has 1 saturated heterocycles. The molecule has 1 aliphatic rings. The lowest BCUT2D eigenvalue weighted by atomic mass is 9.92. The van der Waals surface area contributed by atoms with E-state index in [1.54, 1.807) is 18.2 Å². The van der Waals surface area contributed by atoms with E-state index in [2.05, 4.69) is 0 Å². The molecule has 0 bridgehead atoms. The minimum absolute atomic E-state index is 0.0581. The first-order valence-electron chi connectivity index (χ1n) is 5.35. The van der Waals surface area contributed by atoms with Crippen LogP contribution in [-0.2, 0) is 4.74 Å². The Balaban J connectivity index is 2.19. The highest BCUT2D eigenvalue weighted by Crippen LogP contribution is 2.24. The van der Waals surface area contributed by atoms with E-state index in [-0.39, 0.29) is 11.7 Å². The average molecular weight is 240 g/mol. The third-order valence-corrected chi connectivity index (χ3v) is 3.05. The lowest BCUT2D eigenvalue weighted by Gasteiger charge is -2.21. The highest BCUT2D eigenvalue weighted by molar-refractivity contribution is 6.31. The molecular formula is C12H14ClNO2. The Morgan fingerprint density at radius 2 is 2.31 bits per heavy atom. The van der Waals surface area contributed by atoms with Gasteiger partial charge in [-0.3, -0.25) is 4.79 Å². The number of nitrogen functional groups attached to an aromatic ring is 1. The molecule has 2 rings (SSSR count). The summed E-state index contributed by atoms with van der Waals surface area (Å²) in [6.07, 6.45) is 1.81. The van der Waals surface area contributed by atoms with E-state index in [0.29, 0.717) is 22.9 Å². The van der Waals surface area contributed by atoms with E-state index in [0.717, 1.165) is 19.4 Å². The molecule has 4 heteroatoms. The summed E-state index contributed by atoms with van der Waals surface area (Å²) in [6, 6.07) is 4.99. The molecule has 0 amide bonds. The van der Waals surface area contributed by atoms with Crippen molar-refractivity contribution in [2.45, 2.75) is 12.8 Å². The van der Waals surface area contributed by atoms with Crippen LogP contribution in [0.3, 0.4) is 0 Å². The van der Waals surface area contributed by atoms with Crippen LogP contribution in [-0.4, -0.2) is 19.0 Å². The van der Waals surface area contributed by atoms with Crippen molar-refractivity contribution in [3.63, 3.8) is 0 Å². The topological polar surface area (TPSA) is 52.3 Å². The molecule has 1 aromatic rings. The number of nitrogens with two attached hydrogens (primary N) is 1. The fraction of sp³-hybridized carbons (Fsp3) is 0.417. The first kappa shape index (κ1) is 11.4. The number of carbonyl (C=O) groups excluding carboxylic acids is 1. The van der Waals surface area contributed by atoms with Gasteiger partial charge in [-0.15, -0.1) is 0 Å². The van der Waals surface area contributed by atoms with Crippen molar-refractivity contribution in [3.05, 3.63) is 28.8 Å². The maximum absolute atomic E-state index is 12.1. The van der Waals surface area contributed by atoms with Gasteiger partial charge in [-0.2, -0.15) is 0 Å². The van der Waals surface area contributed by atoms with Crippen molar-refractivity contribution >= 4 is 23.1 Å². The molecule has 16 heavy (non-hydrogen) atoms. The molecule has 0 radical (unpaired) electrons. The molecule has 1 unspecified atom stereocenters. The number of hydrogen-bond donors (Lipinski definition) is 1. The molecule has 1 heterocycles. The van der Waals surface area contributed by atoms with Gasteiger partial charge in [-0.1, -0.05) is 11.6 Å². The second kappa shape index (κ2) is 4.85. The van der Waals surface area contributed by atoms with Gasteiger partial charge in [0.15, 0.2) is 5.78 Å². The minimum Gasteiger partial charge on any atom is -0.398 e. The summed E-state index contributed by atoms with van der Waals surface area (Å²) < 4.78 is 5.30. The number of ketones is 1. The number of ether oxygens (including phenoxy) is 1. The maximum Gasteiger partial charge on any atom is 0.170 e. The lowest BCUT2D eigenvalue weighted by molar-refractivity contribution is 0.0462. The number of hydrogen-bond acceptors (Lipinski definition) is 3. The number of benzene rings is 1. The molecule has 1 aromatic carbocycles. The highest BCUT2D eigenvalue weighted by atomic mass is 35.5. The lowest BCUT2D eigenvalue weighted by Crippen LogP contribution is -2.25. The Labute approximate surface area is 99.5 Å². The number of anilines is 1. The van der Waals surface area contributed by atoms with E-state index in [9.17, 15) is 4.79 Å². The smallest absolute Gasteiger partial charge is 0.170 e. The van der Waals surface area contributed by atoms with Crippen LogP contribution in [0.4, 0.5) is 5.69 Å². The third-order valence-electron chi connectivity index (χ3n) is 2.81. The van der Waals surface area contributed by atoms with E-state index in [4.69, 9.17) is 22.1 Å². The van der Waals surface area contributed by atoms with E-state index < -0.39 is 0 Å². The van der Waals surface area contributed by atoms with E-state index >= 15 is 0 Å². The summed E-state index contributed by atoms with van der Waals surface area (Å²) in [5.74, 6) is 0.00564. The maximum atomic E-state index is 12.1. The summed E-state index contributed by atoms with van der Waals surface area (Å²) in [5.41, 5.74) is 6.79. The highest BCUT2D eigenvalue weighted by Gasteiger charge is 2.24. The Morgan fingerprint density at radius 1 is 1.50 bits per heavy atom. The predicted molar refractivity (Wildman–Crippen MR) is 63.7 cm³/mol. The molecule has 1 atom stereocenters. The quantitative estimate of drug-likeness (QED) is 0.637. The Hall–Kier alpha value is -1.06. The van der Waals surface area contributed by atoms with Crippen LogP contribution >= 0.6 is 11.6 Å². The van der Waals surface area contributed by atoms with Crippen molar-refractivity contribution < 1.29 is 9.53 Å². The van der Waals surface area contributed by atoms with Crippen LogP contribution in [0.15, 0.2) is 18.2 Å². The van der Waals surface area contributed by atoms with E-state index in [1.807, 2.05) is 0 Å². The van der Waals surface area contributed by atoms with Gasteiger partial charge in [0.2, 0.25) is 0 Å². The van der Waals surface area contributed by atoms with Crippen molar-refractivity contribution in [2.24, 2.45) is 5.92 Å². The molecule has 0 spiro atoms. The molecule has 3 nitrogen and oxygen atoms in total. The van der Waals surface area contributed by atoms with Gasteiger partial charge in [0.05, 0.1) is 6.61 Å². The molecule has 0 saturated carbocycles.